The van der Waals surface area contributed by atoms with E-state index in [2.05, 4.69) is 10.2 Å². The molecule has 1 aromatic heterocycles. The summed E-state index contributed by atoms with van der Waals surface area (Å²) in [6.45, 7) is 0. The van der Waals surface area contributed by atoms with Gasteiger partial charge in [0.1, 0.15) is 0 Å². The summed E-state index contributed by atoms with van der Waals surface area (Å²) in [4.78, 5) is 0. The molecule has 23 heavy (non-hydrogen) atoms. The zero-order valence-electron chi connectivity index (χ0n) is 11.7. The number of benzene rings is 2. The molecule has 0 saturated heterocycles. The molecule has 4 nitrogen and oxygen atoms in total. The minimum Gasteiger partial charge on any atom is -0.335 e. The first-order valence-corrected chi connectivity index (χ1v) is 8.71. The Balaban J connectivity index is 1.85. The van der Waals surface area contributed by atoms with Crippen LogP contribution >= 0.6 is 46.6 Å². The fraction of sp³-hybridized carbons (Fsp3) is 0.0667. The zero-order valence-corrected chi connectivity index (χ0v) is 14.8. The van der Waals surface area contributed by atoms with Crippen molar-refractivity contribution in [3.8, 4) is 11.4 Å². The van der Waals surface area contributed by atoms with Crippen molar-refractivity contribution < 1.29 is 0 Å². The van der Waals surface area contributed by atoms with Gasteiger partial charge in [-0.05, 0) is 29.8 Å². The van der Waals surface area contributed by atoms with Crippen LogP contribution in [0.5, 0.6) is 0 Å². The second-order valence-corrected chi connectivity index (χ2v) is 6.81. The zero-order chi connectivity index (χ0) is 16.4. The molecule has 3 aromatic rings. The predicted octanol–water partition coefficient (Wildman–Crippen LogP) is 4.91. The Hall–Kier alpha value is -1.40. The molecule has 0 atom stereocenters. The fourth-order valence-corrected chi connectivity index (χ4v) is 3.83. The van der Waals surface area contributed by atoms with Gasteiger partial charge < -0.3 is 5.84 Å². The molecule has 0 amide bonds. The van der Waals surface area contributed by atoms with E-state index in [1.54, 1.807) is 24.3 Å². The Kier molecular flexibility index (Phi) is 5.02. The van der Waals surface area contributed by atoms with E-state index >= 15 is 0 Å². The van der Waals surface area contributed by atoms with Gasteiger partial charge in [0.2, 0.25) is 5.16 Å². The van der Waals surface area contributed by atoms with Crippen molar-refractivity contribution in [2.24, 2.45) is 0 Å². The normalized spacial score (nSPS) is 10.9. The van der Waals surface area contributed by atoms with Crippen LogP contribution in [-0.4, -0.2) is 14.9 Å². The van der Waals surface area contributed by atoms with Gasteiger partial charge in [-0.3, -0.25) is 0 Å². The maximum absolute atomic E-state index is 6.18. The standard InChI is InChI=1S/C15H11Cl3N4S/c16-11-5-2-1-4-9(11)14-20-21-15(22(14)19)23-8-10-12(17)6-3-7-13(10)18/h1-7H,8,19H2. The Morgan fingerprint density at radius 1 is 0.913 bits per heavy atom. The van der Waals surface area contributed by atoms with Gasteiger partial charge in [0, 0.05) is 21.4 Å². The summed E-state index contributed by atoms with van der Waals surface area (Å²) in [5, 5.41) is 10.6. The van der Waals surface area contributed by atoms with E-state index in [0.29, 0.717) is 31.8 Å². The van der Waals surface area contributed by atoms with Crippen molar-refractivity contribution in [1.29, 1.82) is 0 Å². The highest BCUT2D eigenvalue weighted by molar-refractivity contribution is 7.98. The van der Waals surface area contributed by atoms with Crippen LogP contribution in [0.1, 0.15) is 5.56 Å². The van der Waals surface area contributed by atoms with Gasteiger partial charge in [-0.25, -0.2) is 4.68 Å². The largest absolute Gasteiger partial charge is 0.335 e. The van der Waals surface area contributed by atoms with E-state index in [1.807, 2.05) is 18.2 Å². The molecule has 0 fully saturated rings. The summed E-state index contributed by atoms with van der Waals surface area (Å²) in [6.07, 6.45) is 0. The number of thioether (sulfide) groups is 1. The molecule has 0 aliphatic carbocycles. The first kappa shape index (κ1) is 16.5. The van der Waals surface area contributed by atoms with Crippen LogP contribution in [0, 0.1) is 0 Å². The Labute approximate surface area is 152 Å². The molecular formula is C15H11Cl3N4S. The lowest BCUT2D eigenvalue weighted by Gasteiger charge is -2.07. The average molecular weight is 386 g/mol. The summed E-state index contributed by atoms with van der Waals surface area (Å²) in [7, 11) is 0. The molecule has 0 spiro atoms. The number of hydrogen-bond acceptors (Lipinski definition) is 4. The van der Waals surface area contributed by atoms with Crippen LogP contribution in [0.3, 0.4) is 0 Å². The van der Waals surface area contributed by atoms with Gasteiger partial charge in [0.05, 0.1) is 5.02 Å². The Morgan fingerprint density at radius 3 is 2.26 bits per heavy atom. The highest BCUT2D eigenvalue weighted by Crippen LogP contribution is 2.32. The van der Waals surface area contributed by atoms with E-state index in [4.69, 9.17) is 40.6 Å². The van der Waals surface area contributed by atoms with Crippen molar-refractivity contribution in [3.63, 3.8) is 0 Å². The highest BCUT2D eigenvalue weighted by atomic mass is 35.5. The molecule has 8 heteroatoms. The van der Waals surface area contributed by atoms with Crippen molar-refractivity contribution in [1.82, 2.24) is 14.9 Å². The Bertz CT molecular complexity index is 830. The summed E-state index contributed by atoms with van der Waals surface area (Å²) in [5.41, 5.74) is 1.56. The van der Waals surface area contributed by atoms with Crippen molar-refractivity contribution in [2.75, 3.05) is 5.84 Å². The molecule has 0 bridgehead atoms. The Morgan fingerprint density at radius 2 is 1.57 bits per heavy atom. The topological polar surface area (TPSA) is 56.7 Å². The molecule has 1 heterocycles. The van der Waals surface area contributed by atoms with Crippen LogP contribution in [0.15, 0.2) is 47.6 Å². The van der Waals surface area contributed by atoms with E-state index in [0.717, 1.165) is 11.1 Å². The number of halogens is 3. The lowest BCUT2D eigenvalue weighted by atomic mass is 10.2. The number of aromatic nitrogens is 3. The molecule has 118 valence electrons. The third-order valence-corrected chi connectivity index (χ3v) is 5.19. The molecule has 3 rings (SSSR count). The second-order valence-electron chi connectivity index (χ2n) is 4.64. The number of rotatable bonds is 4. The molecule has 0 aliphatic rings. The molecular weight excluding hydrogens is 375 g/mol. The van der Waals surface area contributed by atoms with Crippen LogP contribution in [0.2, 0.25) is 15.1 Å². The van der Waals surface area contributed by atoms with E-state index < -0.39 is 0 Å². The molecule has 2 N–H and O–H groups in total. The summed E-state index contributed by atoms with van der Waals surface area (Å²) in [6, 6.07) is 12.7. The van der Waals surface area contributed by atoms with Gasteiger partial charge in [-0.15, -0.1) is 10.2 Å². The van der Waals surface area contributed by atoms with E-state index in [9.17, 15) is 0 Å². The van der Waals surface area contributed by atoms with Gasteiger partial charge in [-0.1, -0.05) is 64.8 Å². The molecule has 0 unspecified atom stereocenters. The minimum atomic E-state index is 0.503. The van der Waals surface area contributed by atoms with Gasteiger partial charge in [0.15, 0.2) is 5.82 Å². The lowest BCUT2D eigenvalue weighted by Crippen LogP contribution is -2.11. The summed E-state index contributed by atoms with van der Waals surface area (Å²) in [5.74, 6) is 7.13. The third-order valence-electron chi connectivity index (χ3n) is 3.19. The lowest BCUT2D eigenvalue weighted by molar-refractivity contribution is 0.849. The van der Waals surface area contributed by atoms with E-state index in [1.165, 1.54) is 16.4 Å². The summed E-state index contributed by atoms with van der Waals surface area (Å²) < 4.78 is 1.41. The fourth-order valence-electron chi connectivity index (χ4n) is 2.01. The minimum absolute atomic E-state index is 0.503. The second kappa shape index (κ2) is 7.01. The monoisotopic (exact) mass is 384 g/mol. The molecule has 0 saturated carbocycles. The number of nitrogens with two attached hydrogens (primary N) is 1. The van der Waals surface area contributed by atoms with Crippen molar-refractivity contribution >= 4 is 46.6 Å². The maximum atomic E-state index is 6.18. The number of nitrogen functional groups attached to an aromatic ring is 1. The van der Waals surface area contributed by atoms with Crippen LogP contribution in [0.4, 0.5) is 0 Å². The molecule has 2 aromatic carbocycles. The average Bonchev–Trinajstić information content (AvgIpc) is 2.88. The third kappa shape index (κ3) is 3.43. The van der Waals surface area contributed by atoms with Gasteiger partial charge in [0.25, 0.3) is 0 Å². The first-order valence-electron chi connectivity index (χ1n) is 6.59. The maximum Gasteiger partial charge on any atom is 0.210 e. The number of nitrogens with zero attached hydrogens (tertiary/aromatic N) is 3. The molecule has 0 aliphatic heterocycles. The van der Waals surface area contributed by atoms with Crippen LogP contribution < -0.4 is 5.84 Å². The first-order chi connectivity index (χ1) is 11.1. The van der Waals surface area contributed by atoms with Crippen LogP contribution in [-0.2, 0) is 5.75 Å². The van der Waals surface area contributed by atoms with Crippen molar-refractivity contribution in [2.45, 2.75) is 10.9 Å². The quantitative estimate of drug-likeness (QED) is 0.512. The molecule has 0 radical (unpaired) electrons. The van der Waals surface area contributed by atoms with Gasteiger partial charge in [-0.2, -0.15) is 0 Å². The van der Waals surface area contributed by atoms with E-state index in [-0.39, 0.29) is 0 Å². The smallest absolute Gasteiger partial charge is 0.210 e. The SMILES string of the molecule is Nn1c(SCc2c(Cl)cccc2Cl)nnc1-c1ccccc1Cl. The van der Waals surface area contributed by atoms with Crippen molar-refractivity contribution in [3.05, 3.63) is 63.1 Å². The number of hydrogen-bond donors (Lipinski definition) is 1. The van der Waals surface area contributed by atoms with Gasteiger partial charge >= 0.3 is 0 Å². The highest BCUT2D eigenvalue weighted by Gasteiger charge is 2.15. The summed E-state index contributed by atoms with van der Waals surface area (Å²) >= 11 is 19.9. The predicted molar refractivity (Wildman–Crippen MR) is 96.6 cm³/mol. The van der Waals surface area contributed by atoms with Crippen LogP contribution in [0.25, 0.3) is 11.4 Å².